The van der Waals surface area contributed by atoms with Crippen molar-refractivity contribution < 1.29 is 5.11 Å². The number of benzene rings is 1. The monoisotopic (exact) mass is 270 g/mol. The van der Waals surface area contributed by atoms with Crippen molar-refractivity contribution in [2.75, 3.05) is 5.32 Å². The minimum absolute atomic E-state index is 0.148. The van der Waals surface area contributed by atoms with E-state index < -0.39 is 5.60 Å². The van der Waals surface area contributed by atoms with E-state index in [4.69, 9.17) is 5.26 Å². The standard InChI is InChI=1S/C17H22N2O/c18-12-13-7-9-15(10-8-13)19-16-6-3-5-14-4-1-2-11-17(14,16)20/h7-10,14,16,19-20H,1-6,11H2/t14-,16-,17+/m0/s1. The highest BCUT2D eigenvalue weighted by Gasteiger charge is 2.47. The van der Waals surface area contributed by atoms with Gasteiger partial charge in [0.25, 0.3) is 0 Å². The zero-order valence-electron chi connectivity index (χ0n) is 11.8. The first-order valence-electron chi connectivity index (χ1n) is 7.71. The van der Waals surface area contributed by atoms with Crippen LogP contribution < -0.4 is 5.32 Å². The van der Waals surface area contributed by atoms with Crippen molar-refractivity contribution in [3.8, 4) is 6.07 Å². The van der Waals surface area contributed by atoms with Gasteiger partial charge in [0, 0.05) is 5.69 Å². The van der Waals surface area contributed by atoms with Crippen LogP contribution in [-0.4, -0.2) is 16.7 Å². The van der Waals surface area contributed by atoms with E-state index in [1.54, 1.807) is 0 Å². The van der Waals surface area contributed by atoms with Crippen molar-refractivity contribution in [3.63, 3.8) is 0 Å². The maximum absolute atomic E-state index is 11.1. The first-order chi connectivity index (χ1) is 9.72. The van der Waals surface area contributed by atoms with Gasteiger partial charge < -0.3 is 10.4 Å². The lowest BCUT2D eigenvalue weighted by molar-refractivity contribution is -0.0835. The van der Waals surface area contributed by atoms with Gasteiger partial charge in [-0.15, -0.1) is 0 Å². The second-order valence-electron chi connectivity index (χ2n) is 6.25. The van der Waals surface area contributed by atoms with Crippen LogP contribution in [0.1, 0.15) is 50.5 Å². The number of nitrogens with one attached hydrogen (secondary N) is 1. The Morgan fingerprint density at radius 2 is 1.85 bits per heavy atom. The van der Waals surface area contributed by atoms with E-state index in [2.05, 4.69) is 11.4 Å². The molecule has 0 aliphatic heterocycles. The Kier molecular flexibility index (Phi) is 3.67. The third kappa shape index (κ3) is 2.41. The summed E-state index contributed by atoms with van der Waals surface area (Å²) >= 11 is 0. The van der Waals surface area contributed by atoms with Crippen LogP contribution in [0.4, 0.5) is 5.69 Å². The predicted octanol–water partition coefficient (Wildman–Crippen LogP) is 3.44. The fourth-order valence-corrected chi connectivity index (χ4v) is 3.96. The average molecular weight is 270 g/mol. The van der Waals surface area contributed by atoms with Gasteiger partial charge >= 0.3 is 0 Å². The van der Waals surface area contributed by atoms with Crippen molar-refractivity contribution >= 4 is 5.69 Å². The van der Waals surface area contributed by atoms with Gasteiger partial charge in [0.15, 0.2) is 0 Å². The Bertz CT molecular complexity index is 503. The van der Waals surface area contributed by atoms with Gasteiger partial charge in [0.2, 0.25) is 0 Å². The molecule has 2 N–H and O–H groups in total. The van der Waals surface area contributed by atoms with Crippen molar-refractivity contribution in [1.82, 2.24) is 0 Å². The maximum atomic E-state index is 11.1. The highest BCUT2D eigenvalue weighted by molar-refractivity contribution is 5.48. The summed E-state index contributed by atoms with van der Waals surface area (Å²) in [6.07, 6.45) is 7.89. The Morgan fingerprint density at radius 1 is 1.10 bits per heavy atom. The number of hydrogen-bond donors (Lipinski definition) is 2. The number of rotatable bonds is 2. The summed E-state index contributed by atoms with van der Waals surface area (Å²) in [5, 5.41) is 23.4. The zero-order valence-corrected chi connectivity index (χ0v) is 11.8. The molecule has 106 valence electrons. The second kappa shape index (κ2) is 5.46. The molecule has 0 spiro atoms. The molecule has 2 fully saturated rings. The maximum Gasteiger partial charge on any atom is 0.0991 e. The van der Waals surface area contributed by atoms with Crippen LogP contribution >= 0.6 is 0 Å². The van der Waals surface area contributed by atoms with Crippen LogP contribution in [0.15, 0.2) is 24.3 Å². The molecule has 2 aliphatic rings. The molecule has 0 bridgehead atoms. The summed E-state index contributed by atoms with van der Waals surface area (Å²) in [5.41, 5.74) is 1.15. The molecule has 2 saturated carbocycles. The molecule has 0 amide bonds. The average Bonchev–Trinajstić information content (AvgIpc) is 2.49. The first kappa shape index (κ1) is 13.5. The highest BCUT2D eigenvalue weighted by atomic mass is 16.3. The Hall–Kier alpha value is -1.53. The van der Waals surface area contributed by atoms with E-state index in [0.717, 1.165) is 24.9 Å². The normalized spacial score (nSPS) is 33.0. The van der Waals surface area contributed by atoms with Crippen LogP contribution in [-0.2, 0) is 0 Å². The molecule has 0 radical (unpaired) electrons. The summed E-state index contributed by atoms with van der Waals surface area (Å²) in [6, 6.07) is 9.81. The van der Waals surface area contributed by atoms with Crippen molar-refractivity contribution in [2.24, 2.45) is 5.92 Å². The molecular formula is C17H22N2O. The molecule has 20 heavy (non-hydrogen) atoms. The van der Waals surface area contributed by atoms with Crippen LogP contribution in [0.3, 0.4) is 0 Å². The number of anilines is 1. The number of fused-ring (bicyclic) bond motifs is 1. The van der Waals surface area contributed by atoms with Gasteiger partial charge in [-0.25, -0.2) is 0 Å². The summed E-state index contributed by atoms with van der Waals surface area (Å²) < 4.78 is 0. The lowest BCUT2D eigenvalue weighted by atomic mass is 9.65. The number of hydrogen-bond acceptors (Lipinski definition) is 3. The fourth-order valence-electron chi connectivity index (χ4n) is 3.96. The van der Waals surface area contributed by atoms with E-state index in [9.17, 15) is 5.11 Å². The Morgan fingerprint density at radius 3 is 2.60 bits per heavy atom. The summed E-state index contributed by atoms with van der Waals surface area (Å²) in [7, 11) is 0. The van der Waals surface area contributed by atoms with Gasteiger partial charge in [-0.1, -0.05) is 19.3 Å². The number of nitrogens with zero attached hydrogens (tertiary/aromatic N) is 1. The van der Waals surface area contributed by atoms with E-state index in [0.29, 0.717) is 11.5 Å². The molecule has 0 aromatic heterocycles. The molecule has 3 nitrogen and oxygen atoms in total. The van der Waals surface area contributed by atoms with Gasteiger partial charge in [0.1, 0.15) is 0 Å². The minimum atomic E-state index is -0.537. The van der Waals surface area contributed by atoms with E-state index in [1.807, 2.05) is 24.3 Å². The predicted molar refractivity (Wildman–Crippen MR) is 79.3 cm³/mol. The SMILES string of the molecule is N#Cc1ccc(N[C@H]2CCC[C@@H]3CCCC[C@@]32O)cc1. The lowest BCUT2D eigenvalue weighted by Gasteiger charge is -2.49. The molecule has 1 aromatic carbocycles. The molecule has 0 saturated heterocycles. The van der Waals surface area contributed by atoms with Gasteiger partial charge in [-0.3, -0.25) is 0 Å². The van der Waals surface area contributed by atoms with Crippen LogP contribution in [0.25, 0.3) is 0 Å². The molecule has 1 aromatic rings. The number of nitriles is 1. The molecular weight excluding hydrogens is 248 g/mol. The van der Waals surface area contributed by atoms with Gasteiger partial charge in [0.05, 0.1) is 23.3 Å². The van der Waals surface area contributed by atoms with Crippen LogP contribution in [0.2, 0.25) is 0 Å². The topological polar surface area (TPSA) is 56.0 Å². The van der Waals surface area contributed by atoms with Crippen molar-refractivity contribution in [1.29, 1.82) is 5.26 Å². The van der Waals surface area contributed by atoms with E-state index in [1.165, 1.54) is 25.7 Å². The highest BCUT2D eigenvalue weighted by Crippen LogP contribution is 2.44. The zero-order chi connectivity index (χ0) is 14.0. The fraction of sp³-hybridized carbons (Fsp3) is 0.588. The smallest absolute Gasteiger partial charge is 0.0991 e. The summed E-state index contributed by atoms with van der Waals surface area (Å²) in [4.78, 5) is 0. The number of aliphatic hydroxyl groups is 1. The third-order valence-electron chi connectivity index (χ3n) is 5.09. The third-order valence-corrected chi connectivity index (χ3v) is 5.09. The molecule has 3 heteroatoms. The molecule has 3 rings (SSSR count). The van der Waals surface area contributed by atoms with Crippen LogP contribution in [0.5, 0.6) is 0 Å². The van der Waals surface area contributed by atoms with E-state index >= 15 is 0 Å². The van der Waals surface area contributed by atoms with Crippen molar-refractivity contribution in [3.05, 3.63) is 29.8 Å². The Balaban J connectivity index is 1.76. The van der Waals surface area contributed by atoms with Crippen molar-refractivity contribution in [2.45, 2.75) is 56.6 Å². The summed E-state index contributed by atoms with van der Waals surface area (Å²) in [6.45, 7) is 0. The first-order valence-corrected chi connectivity index (χ1v) is 7.71. The molecule has 0 unspecified atom stereocenters. The Labute approximate surface area is 120 Å². The summed E-state index contributed by atoms with van der Waals surface area (Å²) in [5.74, 6) is 0.459. The largest absolute Gasteiger partial charge is 0.387 e. The quantitative estimate of drug-likeness (QED) is 0.865. The van der Waals surface area contributed by atoms with E-state index in [-0.39, 0.29) is 6.04 Å². The van der Waals surface area contributed by atoms with Gasteiger partial charge in [-0.05, 0) is 55.9 Å². The molecule has 3 atom stereocenters. The molecule has 2 aliphatic carbocycles. The second-order valence-corrected chi connectivity index (χ2v) is 6.25. The molecule has 0 heterocycles. The lowest BCUT2D eigenvalue weighted by Crippen LogP contribution is -2.56. The minimum Gasteiger partial charge on any atom is -0.387 e. The van der Waals surface area contributed by atoms with Gasteiger partial charge in [-0.2, -0.15) is 5.26 Å². The van der Waals surface area contributed by atoms with Crippen LogP contribution in [0, 0.1) is 17.2 Å².